The van der Waals surface area contributed by atoms with E-state index in [-0.39, 0.29) is 10.8 Å². The van der Waals surface area contributed by atoms with Crippen LogP contribution < -0.4 is 10.2 Å². The van der Waals surface area contributed by atoms with Crippen molar-refractivity contribution in [3.63, 3.8) is 0 Å². The molecule has 0 aliphatic carbocycles. The molecule has 0 radical (unpaired) electrons. The summed E-state index contributed by atoms with van der Waals surface area (Å²) in [5.41, 5.74) is 1.56. The Bertz CT molecular complexity index is 1030. The van der Waals surface area contributed by atoms with Crippen LogP contribution in [-0.4, -0.2) is 49.8 Å². The highest BCUT2D eigenvalue weighted by Crippen LogP contribution is 2.25. The molecule has 1 N–H and O–H groups in total. The lowest BCUT2D eigenvalue weighted by Gasteiger charge is -2.27. The third-order valence-electron chi connectivity index (χ3n) is 6.07. The molecule has 166 valence electrons. The summed E-state index contributed by atoms with van der Waals surface area (Å²) in [6, 6.07) is 8.61. The molecule has 2 saturated heterocycles. The van der Waals surface area contributed by atoms with E-state index in [2.05, 4.69) is 15.2 Å². The van der Waals surface area contributed by atoms with Gasteiger partial charge < -0.3 is 10.2 Å². The summed E-state index contributed by atoms with van der Waals surface area (Å²) in [7, 11) is -3.60. The van der Waals surface area contributed by atoms with Crippen LogP contribution in [0.3, 0.4) is 0 Å². The van der Waals surface area contributed by atoms with Crippen molar-refractivity contribution in [2.24, 2.45) is 0 Å². The Balaban J connectivity index is 1.49. The number of amides is 1. The second-order valence-electron chi connectivity index (χ2n) is 8.35. The topological polar surface area (TPSA) is 82.6 Å². The maximum absolute atomic E-state index is 13.1. The van der Waals surface area contributed by atoms with Gasteiger partial charge in [0.2, 0.25) is 10.0 Å². The van der Waals surface area contributed by atoms with E-state index in [1.807, 2.05) is 12.1 Å². The Kier molecular flexibility index (Phi) is 6.57. The van der Waals surface area contributed by atoms with E-state index >= 15 is 0 Å². The van der Waals surface area contributed by atoms with Crippen molar-refractivity contribution in [1.29, 1.82) is 0 Å². The Labute approximate surface area is 184 Å². The number of carbonyl (C=O) groups is 1. The first-order chi connectivity index (χ1) is 14.9. The Morgan fingerprint density at radius 3 is 2.26 bits per heavy atom. The molecule has 3 heterocycles. The lowest BCUT2D eigenvalue weighted by molar-refractivity contribution is 0.102. The zero-order valence-electron chi connectivity index (χ0n) is 18.0. The van der Waals surface area contributed by atoms with Crippen LogP contribution >= 0.6 is 0 Å². The van der Waals surface area contributed by atoms with Crippen molar-refractivity contribution in [1.82, 2.24) is 9.29 Å². The molecule has 0 spiro atoms. The highest BCUT2D eigenvalue weighted by atomic mass is 32.2. The van der Waals surface area contributed by atoms with Gasteiger partial charge in [-0.2, -0.15) is 4.31 Å². The minimum Gasteiger partial charge on any atom is -0.357 e. The van der Waals surface area contributed by atoms with E-state index < -0.39 is 10.0 Å². The summed E-state index contributed by atoms with van der Waals surface area (Å²) in [6.45, 7) is 4.86. The van der Waals surface area contributed by atoms with E-state index in [1.165, 1.54) is 29.6 Å². The number of nitrogens with zero attached hydrogens (tertiary/aromatic N) is 3. The third kappa shape index (κ3) is 4.91. The smallest absolute Gasteiger partial charge is 0.255 e. The quantitative estimate of drug-likeness (QED) is 0.761. The van der Waals surface area contributed by atoms with E-state index in [9.17, 15) is 13.2 Å². The van der Waals surface area contributed by atoms with Crippen LogP contribution in [0.2, 0.25) is 0 Å². The van der Waals surface area contributed by atoms with Crippen LogP contribution in [0.4, 0.5) is 11.5 Å². The fraction of sp³-hybridized carbons (Fsp3) is 0.478. The molecule has 0 unspecified atom stereocenters. The van der Waals surface area contributed by atoms with E-state index in [4.69, 9.17) is 0 Å². The number of nitrogens with one attached hydrogen (secondary N) is 1. The van der Waals surface area contributed by atoms with Crippen LogP contribution in [0, 0.1) is 6.92 Å². The SMILES string of the molecule is Cc1ccc(C(=O)Nc2ccc(N3CCCCC3)nc2)cc1S(=O)(=O)N1CCCCC1. The summed E-state index contributed by atoms with van der Waals surface area (Å²) < 4.78 is 27.7. The molecule has 31 heavy (non-hydrogen) atoms. The minimum absolute atomic E-state index is 0.209. The summed E-state index contributed by atoms with van der Waals surface area (Å²) in [5, 5.41) is 2.84. The van der Waals surface area contributed by atoms with E-state index in [0.29, 0.717) is 29.9 Å². The van der Waals surface area contributed by atoms with Crippen LogP contribution in [0.1, 0.15) is 54.4 Å². The molecule has 1 aromatic carbocycles. The number of aryl methyl sites for hydroxylation is 1. The summed E-state index contributed by atoms with van der Waals surface area (Å²) in [4.78, 5) is 19.8. The number of benzene rings is 1. The van der Waals surface area contributed by atoms with E-state index in [1.54, 1.807) is 25.3 Å². The van der Waals surface area contributed by atoms with E-state index in [0.717, 1.165) is 38.2 Å². The molecule has 0 bridgehead atoms. The summed E-state index contributed by atoms with van der Waals surface area (Å²) in [6.07, 6.45) is 8.07. The van der Waals surface area contributed by atoms with Crippen LogP contribution in [0.25, 0.3) is 0 Å². The number of piperidine rings is 2. The minimum atomic E-state index is -3.60. The average molecular weight is 443 g/mol. The molecule has 4 rings (SSSR count). The van der Waals surface area contributed by atoms with Gasteiger partial charge in [-0.1, -0.05) is 12.5 Å². The van der Waals surface area contributed by atoms with Gasteiger partial charge in [-0.15, -0.1) is 0 Å². The first kappa shape index (κ1) is 21.8. The zero-order chi connectivity index (χ0) is 21.8. The van der Waals surface area contributed by atoms with Crippen molar-refractivity contribution in [2.75, 3.05) is 36.4 Å². The van der Waals surface area contributed by atoms with Gasteiger partial charge in [0, 0.05) is 31.7 Å². The largest absolute Gasteiger partial charge is 0.357 e. The number of hydrogen-bond donors (Lipinski definition) is 1. The predicted octanol–water partition coefficient (Wildman–Crippen LogP) is 3.81. The molecule has 2 aliphatic heterocycles. The molecular weight excluding hydrogens is 412 g/mol. The van der Waals surface area contributed by atoms with Crippen molar-refractivity contribution < 1.29 is 13.2 Å². The van der Waals surface area contributed by atoms with Gasteiger partial charge in [0.05, 0.1) is 16.8 Å². The van der Waals surface area contributed by atoms with Gasteiger partial charge >= 0.3 is 0 Å². The normalized spacial score (nSPS) is 18.0. The Morgan fingerprint density at radius 1 is 0.935 bits per heavy atom. The second-order valence-corrected chi connectivity index (χ2v) is 10.3. The van der Waals surface area contributed by atoms with Gasteiger partial charge in [-0.25, -0.2) is 13.4 Å². The molecule has 7 nitrogen and oxygen atoms in total. The average Bonchev–Trinajstić information content (AvgIpc) is 2.81. The zero-order valence-corrected chi connectivity index (χ0v) is 18.8. The number of carbonyl (C=O) groups excluding carboxylic acids is 1. The van der Waals surface area contributed by atoms with Gasteiger partial charge in [-0.3, -0.25) is 4.79 Å². The number of rotatable bonds is 5. The standard InChI is InChI=1S/C23H30N4O3S/c1-18-8-9-19(16-21(18)31(29,30)27-14-6-3-7-15-27)23(28)25-20-10-11-22(24-17-20)26-12-4-2-5-13-26/h8-11,16-17H,2-7,12-15H2,1H3,(H,25,28). The lowest BCUT2D eigenvalue weighted by Crippen LogP contribution is -2.36. The molecule has 1 aromatic heterocycles. The highest BCUT2D eigenvalue weighted by molar-refractivity contribution is 7.89. The number of anilines is 2. The number of aromatic nitrogens is 1. The van der Waals surface area contributed by atoms with Crippen LogP contribution in [-0.2, 0) is 10.0 Å². The molecule has 8 heteroatoms. The number of sulfonamides is 1. The molecule has 2 aliphatic rings. The van der Waals surface area contributed by atoms with Gasteiger partial charge in [0.15, 0.2) is 0 Å². The molecule has 1 amide bonds. The monoisotopic (exact) mass is 442 g/mol. The van der Waals surface area contributed by atoms with Gasteiger partial charge in [0.25, 0.3) is 5.91 Å². The number of pyridine rings is 1. The van der Waals surface area contributed by atoms with Crippen LogP contribution in [0.15, 0.2) is 41.4 Å². The van der Waals surface area contributed by atoms with Gasteiger partial charge in [0.1, 0.15) is 5.82 Å². The van der Waals surface area contributed by atoms with Crippen molar-refractivity contribution in [3.8, 4) is 0 Å². The number of hydrogen-bond acceptors (Lipinski definition) is 5. The van der Waals surface area contributed by atoms with Crippen molar-refractivity contribution >= 4 is 27.4 Å². The first-order valence-electron chi connectivity index (χ1n) is 11.1. The Morgan fingerprint density at radius 2 is 1.61 bits per heavy atom. The predicted molar refractivity (Wildman–Crippen MR) is 122 cm³/mol. The molecule has 0 atom stereocenters. The molecular formula is C23H30N4O3S. The third-order valence-corrected chi connectivity index (χ3v) is 8.11. The fourth-order valence-electron chi connectivity index (χ4n) is 4.24. The van der Waals surface area contributed by atoms with Crippen LogP contribution in [0.5, 0.6) is 0 Å². The second kappa shape index (κ2) is 9.36. The van der Waals surface area contributed by atoms with Gasteiger partial charge in [-0.05, 0) is 68.9 Å². The maximum Gasteiger partial charge on any atom is 0.255 e. The molecule has 2 aromatic rings. The fourth-order valence-corrected chi connectivity index (χ4v) is 6.00. The summed E-state index contributed by atoms with van der Waals surface area (Å²) in [5.74, 6) is 0.575. The first-order valence-corrected chi connectivity index (χ1v) is 12.5. The maximum atomic E-state index is 13.1. The molecule has 2 fully saturated rings. The summed E-state index contributed by atoms with van der Waals surface area (Å²) >= 11 is 0. The Hall–Kier alpha value is -2.45. The van der Waals surface area contributed by atoms with Crippen molar-refractivity contribution in [3.05, 3.63) is 47.7 Å². The lowest BCUT2D eigenvalue weighted by atomic mass is 10.1. The van der Waals surface area contributed by atoms with Crippen molar-refractivity contribution in [2.45, 2.75) is 50.3 Å². The molecule has 0 saturated carbocycles. The highest BCUT2D eigenvalue weighted by Gasteiger charge is 2.28.